The predicted molar refractivity (Wildman–Crippen MR) is 64.3 cm³/mol. The van der Waals surface area contributed by atoms with Crippen LogP contribution in [0, 0.1) is 0 Å². The summed E-state index contributed by atoms with van der Waals surface area (Å²) in [7, 11) is 0. The molecule has 1 aliphatic heterocycles. The highest BCUT2D eigenvalue weighted by Gasteiger charge is 2.22. The first-order valence-corrected chi connectivity index (χ1v) is 5.68. The Bertz CT molecular complexity index is 442. The van der Waals surface area contributed by atoms with Gasteiger partial charge >= 0.3 is 0 Å². The minimum Gasteiger partial charge on any atom is -0.273 e. The molecule has 16 heavy (non-hydrogen) atoms. The zero-order valence-corrected chi connectivity index (χ0v) is 9.87. The van der Waals surface area contributed by atoms with E-state index in [-0.39, 0.29) is 5.91 Å². The normalized spacial score (nSPS) is 15.5. The van der Waals surface area contributed by atoms with Gasteiger partial charge in [-0.2, -0.15) is 5.10 Å². The Morgan fingerprint density at radius 2 is 2.19 bits per heavy atom. The van der Waals surface area contributed by atoms with Crippen molar-refractivity contribution in [2.24, 2.45) is 5.10 Å². The van der Waals surface area contributed by atoms with Gasteiger partial charge in [-0.1, -0.05) is 36.7 Å². The molecule has 84 valence electrons. The fourth-order valence-corrected chi connectivity index (χ4v) is 1.83. The smallest absolute Gasteiger partial charge is 0.248 e. The Morgan fingerprint density at radius 3 is 2.81 bits per heavy atom. The predicted octanol–water partition coefficient (Wildman–Crippen LogP) is 2.84. The van der Waals surface area contributed by atoms with Gasteiger partial charge in [0.05, 0.1) is 13.0 Å². The summed E-state index contributed by atoms with van der Waals surface area (Å²) in [4.78, 5) is 11.6. The Kier molecular flexibility index (Phi) is 3.25. The highest BCUT2D eigenvalue weighted by Crippen LogP contribution is 2.20. The van der Waals surface area contributed by atoms with Crippen molar-refractivity contribution in [2.45, 2.75) is 26.3 Å². The molecule has 1 aliphatic rings. The summed E-state index contributed by atoms with van der Waals surface area (Å²) in [5.41, 5.74) is 1.87. The lowest BCUT2D eigenvalue weighted by atomic mass is 10.2. The van der Waals surface area contributed by atoms with Gasteiger partial charge in [-0.15, -0.1) is 0 Å². The summed E-state index contributed by atoms with van der Waals surface area (Å²) >= 11 is 6.03. The SMILES string of the molecule is CCC1=NN(Cc2ccccc2Cl)C(=O)C1. The van der Waals surface area contributed by atoms with Crippen molar-refractivity contribution in [3.8, 4) is 0 Å². The summed E-state index contributed by atoms with van der Waals surface area (Å²) < 4.78 is 0. The molecule has 0 saturated carbocycles. The maximum atomic E-state index is 11.6. The van der Waals surface area contributed by atoms with Gasteiger partial charge in [-0.25, -0.2) is 5.01 Å². The molecule has 0 N–H and O–H groups in total. The largest absolute Gasteiger partial charge is 0.273 e. The van der Waals surface area contributed by atoms with E-state index in [0.717, 1.165) is 17.7 Å². The Hall–Kier alpha value is -1.35. The third-order valence-corrected chi connectivity index (χ3v) is 2.96. The van der Waals surface area contributed by atoms with Crippen LogP contribution in [-0.4, -0.2) is 16.6 Å². The second-order valence-electron chi connectivity index (χ2n) is 3.74. The lowest BCUT2D eigenvalue weighted by Crippen LogP contribution is -2.20. The third-order valence-electron chi connectivity index (χ3n) is 2.59. The van der Waals surface area contributed by atoms with Gasteiger partial charge in [-0.05, 0) is 18.1 Å². The maximum Gasteiger partial charge on any atom is 0.248 e. The fourth-order valence-electron chi connectivity index (χ4n) is 1.63. The van der Waals surface area contributed by atoms with Crippen LogP contribution < -0.4 is 0 Å². The molecule has 3 nitrogen and oxygen atoms in total. The molecular weight excluding hydrogens is 224 g/mol. The quantitative estimate of drug-likeness (QED) is 0.794. The van der Waals surface area contributed by atoms with E-state index in [2.05, 4.69) is 5.10 Å². The van der Waals surface area contributed by atoms with Gasteiger partial charge in [0.1, 0.15) is 0 Å². The molecule has 4 heteroatoms. The summed E-state index contributed by atoms with van der Waals surface area (Å²) in [5.74, 6) is 0.0526. The van der Waals surface area contributed by atoms with Crippen LogP contribution in [0.2, 0.25) is 5.02 Å². The number of carbonyl (C=O) groups is 1. The number of hydrogen-bond donors (Lipinski definition) is 0. The number of hydrazone groups is 1. The average Bonchev–Trinajstić information content (AvgIpc) is 2.63. The van der Waals surface area contributed by atoms with E-state index < -0.39 is 0 Å². The first kappa shape index (κ1) is 11.1. The van der Waals surface area contributed by atoms with Crippen LogP contribution in [0.15, 0.2) is 29.4 Å². The molecule has 1 aromatic rings. The van der Waals surface area contributed by atoms with Gasteiger partial charge in [0.15, 0.2) is 0 Å². The fraction of sp³-hybridized carbons (Fsp3) is 0.333. The van der Waals surface area contributed by atoms with Crippen molar-refractivity contribution < 1.29 is 4.79 Å². The van der Waals surface area contributed by atoms with Crippen molar-refractivity contribution in [2.75, 3.05) is 0 Å². The van der Waals surface area contributed by atoms with E-state index >= 15 is 0 Å². The van der Waals surface area contributed by atoms with Crippen LogP contribution in [0.5, 0.6) is 0 Å². The van der Waals surface area contributed by atoms with Crippen LogP contribution in [0.25, 0.3) is 0 Å². The third kappa shape index (κ3) is 2.25. The number of amides is 1. The van der Waals surface area contributed by atoms with E-state index in [0.29, 0.717) is 18.0 Å². The first-order valence-electron chi connectivity index (χ1n) is 5.31. The average molecular weight is 237 g/mol. The van der Waals surface area contributed by atoms with Gasteiger partial charge in [0.25, 0.3) is 0 Å². The Balaban J connectivity index is 2.14. The van der Waals surface area contributed by atoms with Crippen molar-refractivity contribution >= 4 is 23.2 Å². The number of hydrogen-bond acceptors (Lipinski definition) is 2. The first-order chi connectivity index (χ1) is 7.70. The number of halogens is 1. The molecule has 1 aromatic carbocycles. The highest BCUT2D eigenvalue weighted by molar-refractivity contribution is 6.31. The van der Waals surface area contributed by atoms with Crippen LogP contribution >= 0.6 is 11.6 Å². The van der Waals surface area contributed by atoms with Crippen LogP contribution in [0.4, 0.5) is 0 Å². The lowest BCUT2D eigenvalue weighted by molar-refractivity contribution is -0.129. The number of nitrogens with zero attached hydrogens (tertiary/aromatic N) is 2. The van der Waals surface area contributed by atoms with E-state index in [1.165, 1.54) is 5.01 Å². The molecule has 0 aromatic heterocycles. The molecule has 0 unspecified atom stereocenters. The molecule has 1 heterocycles. The van der Waals surface area contributed by atoms with Crippen LogP contribution in [0.3, 0.4) is 0 Å². The van der Waals surface area contributed by atoms with E-state index in [1.54, 1.807) is 0 Å². The summed E-state index contributed by atoms with van der Waals surface area (Å²) in [6.45, 7) is 2.47. The molecule has 0 radical (unpaired) electrons. The van der Waals surface area contributed by atoms with E-state index in [1.807, 2.05) is 31.2 Å². The zero-order valence-electron chi connectivity index (χ0n) is 9.11. The van der Waals surface area contributed by atoms with Crippen molar-refractivity contribution in [3.05, 3.63) is 34.9 Å². The minimum atomic E-state index is 0.0526. The van der Waals surface area contributed by atoms with Crippen LogP contribution in [-0.2, 0) is 11.3 Å². The molecule has 0 spiro atoms. The van der Waals surface area contributed by atoms with Crippen molar-refractivity contribution in [1.29, 1.82) is 0 Å². The monoisotopic (exact) mass is 236 g/mol. The molecule has 0 aliphatic carbocycles. The number of rotatable bonds is 3. The summed E-state index contributed by atoms with van der Waals surface area (Å²) in [6.07, 6.45) is 1.27. The maximum absolute atomic E-state index is 11.6. The zero-order chi connectivity index (χ0) is 11.5. The molecule has 0 fully saturated rings. The lowest BCUT2D eigenvalue weighted by Gasteiger charge is -2.12. The molecule has 0 saturated heterocycles. The Labute approximate surface area is 99.7 Å². The molecule has 0 bridgehead atoms. The number of benzene rings is 1. The van der Waals surface area contributed by atoms with E-state index in [4.69, 9.17) is 11.6 Å². The molecule has 1 amide bonds. The second-order valence-corrected chi connectivity index (χ2v) is 4.15. The van der Waals surface area contributed by atoms with E-state index in [9.17, 15) is 4.79 Å². The number of carbonyl (C=O) groups excluding carboxylic acids is 1. The second kappa shape index (κ2) is 4.66. The highest BCUT2D eigenvalue weighted by atomic mass is 35.5. The summed E-state index contributed by atoms with van der Waals surface area (Å²) in [5, 5.41) is 6.44. The summed E-state index contributed by atoms with van der Waals surface area (Å²) in [6, 6.07) is 7.52. The molecule has 0 atom stereocenters. The minimum absolute atomic E-state index is 0.0526. The van der Waals surface area contributed by atoms with Gasteiger partial charge < -0.3 is 0 Å². The molecule has 2 rings (SSSR count). The van der Waals surface area contributed by atoms with Gasteiger partial charge in [0.2, 0.25) is 5.91 Å². The molecular formula is C12H13ClN2O. The topological polar surface area (TPSA) is 32.7 Å². The van der Waals surface area contributed by atoms with Crippen molar-refractivity contribution in [1.82, 2.24) is 5.01 Å². The van der Waals surface area contributed by atoms with Gasteiger partial charge in [0, 0.05) is 10.7 Å². The Morgan fingerprint density at radius 1 is 1.44 bits per heavy atom. The van der Waals surface area contributed by atoms with Gasteiger partial charge in [-0.3, -0.25) is 4.79 Å². The standard InChI is InChI=1S/C12H13ClN2O/c1-2-10-7-12(16)15(14-10)8-9-5-3-4-6-11(9)13/h3-6H,2,7-8H2,1H3. The van der Waals surface area contributed by atoms with Crippen molar-refractivity contribution in [3.63, 3.8) is 0 Å². The van der Waals surface area contributed by atoms with Crippen LogP contribution in [0.1, 0.15) is 25.3 Å².